The number of hydrogen-bond acceptors (Lipinski definition) is 5. The van der Waals surface area contributed by atoms with Crippen LogP contribution < -0.4 is 5.32 Å². The maximum atomic E-state index is 12.3. The highest BCUT2D eigenvalue weighted by atomic mass is 16.6. The zero-order chi connectivity index (χ0) is 18.8. The van der Waals surface area contributed by atoms with Gasteiger partial charge in [-0.3, -0.25) is 25.0 Å². The smallest absolute Gasteiger partial charge is 0.299 e. The topological polar surface area (TPSA) is 115 Å². The van der Waals surface area contributed by atoms with Gasteiger partial charge in [-0.2, -0.15) is 0 Å². The molecule has 1 amide bonds. The van der Waals surface area contributed by atoms with Gasteiger partial charge in [-0.05, 0) is 29.2 Å². The fourth-order valence-electron chi connectivity index (χ4n) is 2.21. The number of carbonyl (C=O) groups excluding carboxylic acids is 1. The number of carbonyl (C=O) groups is 1. The van der Waals surface area contributed by atoms with Crippen LogP contribution >= 0.6 is 0 Å². The molecule has 0 aliphatic heterocycles. The van der Waals surface area contributed by atoms with Crippen LogP contribution in [0.5, 0.6) is 0 Å². The molecule has 1 N–H and O–H groups in total. The lowest BCUT2D eigenvalue weighted by Gasteiger charge is -2.19. The number of nitro benzene ring substituents is 2. The van der Waals surface area contributed by atoms with E-state index in [1.165, 1.54) is 0 Å². The van der Waals surface area contributed by atoms with Crippen LogP contribution in [0, 0.1) is 20.2 Å². The van der Waals surface area contributed by atoms with Crippen molar-refractivity contribution in [3.05, 3.63) is 73.8 Å². The van der Waals surface area contributed by atoms with E-state index in [-0.39, 0.29) is 11.1 Å². The normalized spacial score (nSPS) is 11.0. The summed E-state index contributed by atoms with van der Waals surface area (Å²) in [5.41, 5.74) is 0.270. The average Bonchev–Trinajstić information content (AvgIpc) is 2.54. The molecule has 0 unspecified atom stereocenters. The van der Waals surface area contributed by atoms with E-state index >= 15 is 0 Å². The highest BCUT2D eigenvalue weighted by Crippen LogP contribution is 2.29. The van der Waals surface area contributed by atoms with Crippen LogP contribution in [0.3, 0.4) is 0 Å². The maximum Gasteiger partial charge on any atom is 0.299 e. The molecule has 0 spiro atoms. The third kappa shape index (κ3) is 4.17. The first kappa shape index (κ1) is 18.1. The molecule has 0 aliphatic rings. The van der Waals surface area contributed by atoms with E-state index in [4.69, 9.17) is 0 Å². The molecule has 8 heteroatoms. The van der Waals surface area contributed by atoms with E-state index in [1.54, 1.807) is 12.1 Å². The van der Waals surface area contributed by atoms with Crippen molar-refractivity contribution in [2.24, 2.45) is 0 Å². The molecule has 2 aromatic carbocycles. The van der Waals surface area contributed by atoms with Crippen molar-refractivity contribution < 1.29 is 14.6 Å². The van der Waals surface area contributed by atoms with Crippen LogP contribution in [0.4, 0.5) is 17.1 Å². The minimum Gasteiger partial charge on any atom is -0.316 e. The van der Waals surface area contributed by atoms with Gasteiger partial charge in [0, 0.05) is 11.6 Å². The predicted octanol–water partition coefficient (Wildman–Crippen LogP) is 4.05. The van der Waals surface area contributed by atoms with Gasteiger partial charge in [-0.25, -0.2) is 0 Å². The summed E-state index contributed by atoms with van der Waals surface area (Å²) in [6, 6.07) is 9.97. The molecule has 0 saturated heterocycles. The Morgan fingerprint density at radius 2 is 1.56 bits per heavy atom. The quantitative estimate of drug-likeness (QED) is 0.664. The molecule has 0 saturated carbocycles. The van der Waals surface area contributed by atoms with Crippen molar-refractivity contribution in [3.63, 3.8) is 0 Å². The maximum absolute atomic E-state index is 12.3. The molecule has 0 fully saturated rings. The summed E-state index contributed by atoms with van der Waals surface area (Å²) in [4.78, 5) is 32.6. The third-order valence-electron chi connectivity index (χ3n) is 3.65. The van der Waals surface area contributed by atoms with Crippen molar-refractivity contribution in [1.82, 2.24) is 0 Å². The summed E-state index contributed by atoms with van der Waals surface area (Å²) in [6.07, 6.45) is 0. The number of hydrogen-bond donors (Lipinski definition) is 1. The monoisotopic (exact) mass is 343 g/mol. The molecule has 0 aliphatic carbocycles. The van der Waals surface area contributed by atoms with E-state index in [9.17, 15) is 25.0 Å². The second kappa shape index (κ2) is 6.68. The predicted molar refractivity (Wildman–Crippen MR) is 92.8 cm³/mol. The van der Waals surface area contributed by atoms with Gasteiger partial charge in [0.2, 0.25) is 0 Å². The number of anilines is 1. The third-order valence-corrected chi connectivity index (χ3v) is 3.65. The first-order valence-corrected chi connectivity index (χ1v) is 7.44. The first-order valence-electron chi connectivity index (χ1n) is 7.44. The van der Waals surface area contributed by atoms with Crippen LogP contribution in [-0.4, -0.2) is 15.8 Å². The highest BCUT2D eigenvalue weighted by molar-refractivity contribution is 6.05. The largest absolute Gasteiger partial charge is 0.316 e. The lowest BCUT2D eigenvalue weighted by atomic mass is 9.87. The molecule has 130 valence electrons. The zero-order valence-electron chi connectivity index (χ0n) is 14.0. The van der Waals surface area contributed by atoms with E-state index in [0.717, 1.165) is 23.8 Å². The van der Waals surface area contributed by atoms with E-state index < -0.39 is 27.1 Å². The van der Waals surface area contributed by atoms with Crippen molar-refractivity contribution >= 4 is 23.0 Å². The number of nitrogens with zero attached hydrogens (tertiary/aromatic N) is 2. The molecule has 0 bridgehead atoms. The summed E-state index contributed by atoms with van der Waals surface area (Å²) in [6.45, 7) is 6.13. The van der Waals surface area contributed by atoms with Gasteiger partial charge in [-0.1, -0.05) is 32.9 Å². The Bertz CT molecular complexity index is 838. The molecule has 0 atom stereocenters. The average molecular weight is 343 g/mol. The number of nitrogens with one attached hydrogen (secondary N) is 1. The molecule has 2 rings (SSSR count). The van der Waals surface area contributed by atoms with Gasteiger partial charge >= 0.3 is 0 Å². The Labute approximate surface area is 143 Å². The number of nitro groups is 2. The molecule has 0 aromatic heterocycles. The summed E-state index contributed by atoms with van der Waals surface area (Å²) in [5.74, 6) is -0.530. The summed E-state index contributed by atoms with van der Waals surface area (Å²) < 4.78 is 0. The molecular weight excluding hydrogens is 326 g/mol. The van der Waals surface area contributed by atoms with Crippen LogP contribution in [0.15, 0.2) is 42.5 Å². The second-order valence-electron chi connectivity index (χ2n) is 6.50. The fourth-order valence-corrected chi connectivity index (χ4v) is 2.21. The van der Waals surface area contributed by atoms with Crippen LogP contribution in [0.25, 0.3) is 0 Å². The van der Waals surface area contributed by atoms with Crippen LogP contribution in [-0.2, 0) is 5.41 Å². The van der Waals surface area contributed by atoms with E-state index in [1.807, 2.05) is 32.9 Å². The second-order valence-corrected chi connectivity index (χ2v) is 6.50. The molecule has 0 heterocycles. The van der Waals surface area contributed by atoms with Crippen molar-refractivity contribution in [1.29, 1.82) is 0 Å². The molecule has 2 aromatic rings. The van der Waals surface area contributed by atoms with Crippen molar-refractivity contribution in [3.8, 4) is 0 Å². The SMILES string of the molecule is CC(C)(C)c1ccc(C(=O)Nc2ccc([N+](=O)[O-])cc2[N+](=O)[O-])cc1. The van der Waals surface area contributed by atoms with Gasteiger partial charge in [0.15, 0.2) is 0 Å². The minimum absolute atomic E-state index is 0.0633. The Kier molecular flexibility index (Phi) is 4.82. The standard InChI is InChI=1S/C17H17N3O5/c1-17(2,3)12-6-4-11(5-7-12)16(21)18-14-9-8-13(19(22)23)10-15(14)20(24)25/h4-10H,1-3H3,(H,18,21). The Morgan fingerprint density at radius 3 is 2.04 bits per heavy atom. The molecule has 25 heavy (non-hydrogen) atoms. The minimum atomic E-state index is -0.773. The summed E-state index contributed by atoms with van der Waals surface area (Å²) >= 11 is 0. The van der Waals surface area contributed by atoms with Crippen LogP contribution in [0.2, 0.25) is 0 Å². The van der Waals surface area contributed by atoms with Gasteiger partial charge in [0.05, 0.1) is 15.9 Å². The lowest BCUT2D eigenvalue weighted by molar-refractivity contribution is -0.393. The summed E-state index contributed by atoms with van der Waals surface area (Å²) in [7, 11) is 0. The lowest BCUT2D eigenvalue weighted by Crippen LogP contribution is -2.15. The van der Waals surface area contributed by atoms with Gasteiger partial charge < -0.3 is 5.32 Å². The first-order chi connectivity index (χ1) is 11.6. The van der Waals surface area contributed by atoms with E-state index in [0.29, 0.717) is 5.56 Å². The molecule has 0 radical (unpaired) electrons. The number of benzene rings is 2. The zero-order valence-corrected chi connectivity index (χ0v) is 14.0. The summed E-state index contributed by atoms with van der Waals surface area (Å²) in [5, 5.41) is 24.3. The number of non-ortho nitro benzene ring substituents is 1. The van der Waals surface area contributed by atoms with Gasteiger partial charge in [0.25, 0.3) is 17.3 Å². The van der Waals surface area contributed by atoms with Gasteiger partial charge in [-0.15, -0.1) is 0 Å². The molecular formula is C17H17N3O5. The van der Waals surface area contributed by atoms with Crippen molar-refractivity contribution in [2.45, 2.75) is 26.2 Å². The molecule has 8 nitrogen and oxygen atoms in total. The Morgan fingerprint density at radius 1 is 0.960 bits per heavy atom. The Hall–Kier alpha value is -3.29. The van der Waals surface area contributed by atoms with Crippen molar-refractivity contribution in [2.75, 3.05) is 5.32 Å². The van der Waals surface area contributed by atoms with E-state index in [2.05, 4.69) is 5.32 Å². The van der Waals surface area contributed by atoms with Crippen LogP contribution in [0.1, 0.15) is 36.7 Å². The number of rotatable bonds is 4. The highest BCUT2D eigenvalue weighted by Gasteiger charge is 2.21. The van der Waals surface area contributed by atoms with Gasteiger partial charge in [0.1, 0.15) is 5.69 Å². The fraction of sp³-hybridized carbons (Fsp3) is 0.235. The number of amides is 1. The Balaban J connectivity index is 2.28.